The Morgan fingerprint density at radius 2 is 2.04 bits per heavy atom. The van der Waals surface area contributed by atoms with E-state index in [1.165, 1.54) is 0 Å². The fourth-order valence-corrected chi connectivity index (χ4v) is 3.25. The minimum absolute atomic E-state index is 0.157. The number of benzene rings is 1. The number of para-hydroxylation sites is 1. The van der Waals surface area contributed by atoms with E-state index in [0.717, 1.165) is 43.4 Å². The predicted molar refractivity (Wildman–Crippen MR) is 90.7 cm³/mol. The molecule has 1 amide bonds. The van der Waals surface area contributed by atoms with Crippen molar-refractivity contribution in [1.29, 1.82) is 0 Å². The van der Waals surface area contributed by atoms with Gasteiger partial charge in [0.05, 0.1) is 11.9 Å². The molecule has 2 heterocycles. The van der Waals surface area contributed by atoms with E-state index in [1.807, 2.05) is 52.3 Å². The number of ether oxygens (including phenoxy) is 1. The summed E-state index contributed by atoms with van der Waals surface area (Å²) in [7, 11) is 0. The highest BCUT2D eigenvalue weighted by atomic mass is 16.5. The summed E-state index contributed by atoms with van der Waals surface area (Å²) < 4.78 is 7.56. The Bertz CT molecular complexity index is 688. The van der Waals surface area contributed by atoms with Crippen molar-refractivity contribution in [3.8, 4) is 5.69 Å². The van der Waals surface area contributed by atoms with Crippen LogP contribution in [-0.2, 0) is 16.1 Å². The standard InChI is InChI=1S/C19H23N3O2/c23-19(18-8-4-5-11-24-18)21(16-9-10-16)13-15-12-20-22(14-15)17-6-2-1-3-7-17/h1-3,6-7,12,14,16,18H,4-5,8-11,13H2/t18-/m1/s1. The van der Waals surface area contributed by atoms with Gasteiger partial charge in [0, 0.05) is 31.0 Å². The Morgan fingerprint density at radius 1 is 1.21 bits per heavy atom. The van der Waals surface area contributed by atoms with Gasteiger partial charge < -0.3 is 9.64 Å². The summed E-state index contributed by atoms with van der Waals surface area (Å²) in [6, 6.07) is 10.4. The van der Waals surface area contributed by atoms with Gasteiger partial charge in [0.25, 0.3) is 5.91 Å². The molecule has 126 valence electrons. The van der Waals surface area contributed by atoms with Crippen LogP contribution >= 0.6 is 0 Å². The molecule has 1 atom stereocenters. The highest BCUT2D eigenvalue weighted by molar-refractivity contribution is 5.81. The van der Waals surface area contributed by atoms with Crippen LogP contribution in [0.1, 0.15) is 37.7 Å². The van der Waals surface area contributed by atoms with Crippen LogP contribution in [0.4, 0.5) is 0 Å². The molecule has 0 spiro atoms. The van der Waals surface area contributed by atoms with Crippen LogP contribution in [0.3, 0.4) is 0 Å². The van der Waals surface area contributed by atoms with E-state index in [9.17, 15) is 4.79 Å². The topological polar surface area (TPSA) is 47.4 Å². The third-order valence-corrected chi connectivity index (χ3v) is 4.74. The lowest BCUT2D eigenvalue weighted by atomic mass is 10.1. The maximum atomic E-state index is 12.8. The van der Waals surface area contributed by atoms with Crippen molar-refractivity contribution in [2.45, 2.75) is 50.8 Å². The van der Waals surface area contributed by atoms with Crippen LogP contribution in [0.25, 0.3) is 5.69 Å². The minimum Gasteiger partial charge on any atom is -0.368 e. The molecular formula is C19H23N3O2. The molecule has 1 aromatic carbocycles. The second-order valence-electron chi connectivity index (χ2n) is 6.68. The lowest BCUT2D eigenvalue weighted by Crippen LogP contribution is -2.42. The molecule has 1 aliphatic carbocycles. The first-order valence-electron chi connectivity index (χ1n) is 8.82. The summed E-state index contributed by atoms with van der Waals surface area (Å²) in [5.41, 5.74) is 2.10. The average Bonchev–Trinajstić information content (AvgIpc) is 3.38. The first kappa shape index (κ1) is 15.4. The Kier molecular flexibility index (Phi) is 4.34. The maximum absolute atomic E-state index is 12.8. The molecule has 24 heavy (non-hydrogen) atoms. The molecule has 0 bridgehead atoms. The monoisotopic (exact) mass is 325 g/mol. The zero-order valence-electron chi connectivity index (χ0n) is 13.8. The van der Waals surface area contributed by atoms with E-state index in [4.69, 9.17) is 4.74 Å². The molecular weight excluding hydrogens is 302 g/mol. The molecule has 2 aliphatic rings. The molecule has 1 aromatic heterocycles. The van der Waals surface area contributed by atoms with E-state index in [1.54, 1.807) is 0 Å². The molecule has 0 unspecified atom stereocenters. The Hall–Kier alpha value is -2.14. The quantitative estimate of drug-likeness (QED) is 0.849. The van der Waals surface area contributed by atoms with Crippen LogP contribution in [0.5, 0.6) is 0 Å². The first-order chi connectivity index (χ1) is 11.8. The zero-order valence-corrected chi connectivity index (χ0v) is 13.8. The van der Waals surface area contributed by atoms with Gasteiger partial charge in [-0.25, -0.2) is 4.68 Å². The van der Waals surface area contributed by atoms with E-state index in [2.05, 4.69) is 5.10 Å². The first-order valence-corrected chi connectivity index (χ1v) is 8.82. The Morgan fingerprint density at radius 3 is 2.75 bits per heavy atom. The van der Waals surface area contributed by atoms with E-state index in [0.29, 0.717) is 19.2 Å². The molecule has 5 nitrogen and oxygen atoms in total. The average molecular weight is 325 g/mol. The highest BCUT2D eigenvalue weighted by Gasteiger charge is 2.36. The third-order valence-electron chi connectivity index (χ3n) is 4.74. The second-order valence-corrected chi connectivity index (χ2v) is 6.68. The van der Waals surface area contributed by atoms with Gasteiger partial charge in [-0.1, -0.05) is 18.2 Å². The molecule has 2 aromatic rings. The fraction of sp³-hybridized carbons (Fsp3) is 0.474. The van der Waals surface area contributed by atoms with Gasteiger partial charge in [0.1, 0.15) is 6.10 Å². The lowest BCUT2D eigenvalue weighted by Gasteiger charge is -2.29. The van der Waals surface area contributed by atoms with Crippen LogP contribution in [0, 0.1) is 0 Å². The normalized spacial score (nSPS) is 20.8. The summed E-state index contributed by atoms with van der Waals surface area (Å²) in [6.45, 7) is 1.33. The van der Waals surface area contributed by atoms with Crippen LogP contribution in [0.15, 0.2) is 42.7 Å². The highest BCUT2D eigenvalue weighted by Crippen LogP contribution is 2.30. The number of hydrogen-bond acceptors (Lipinski definition) is 3. The second kappa shape index (κ2) is 6.77. The van der Waals surface area contributed by atoms with E-state index >= 15 is 0 Å². The van der Waals surface area contributed by atoms with Gasteiger partial charge in [0.2, 0.25) is 0 Å². The number of amides is 1. The van der Waals surface area contributed by atoms with Crippen molar-refractivity contribution in [3.63, 3.8) is 0 Å². The number of nitrogens with zero attached hydrogens (tertiary/aromatic N) is 3. The van der Waals surface area contributed by atoms with Gasteiger partial charge in [0.15, 0.2) is 0 Å². The maximum Gasteiger partial charge on any atom is 0.252 e. The summed E-state index contributed by atoms with van der Waals surface area (Å²) in [6.07, 6.45) is 8.83. The van der Waals surface area contributed by atoms with E-state index < -0.39 is 0 Å². The smallest absolute Gasteiger partial charge is 0.252 e. The van der Waals surface area contributed by atoms with Crippen LogP contribution < -0.4 is 0 Å². The molecule has 1 saturated carbocycles. The molecule has 2 fully saturated rings. The molecule has 1 aliphatic heterocycles. The predicted octanol–water partition coefficient (Wildman–Crippen LogP) is 2.93. The van der Waals surface area contributed by atoms with Crippen molar-refractivity contribution in [2.24, 2.45) is 0 Å². The summed E-state index contributed by atoms with van der Waals surface area (Å²) in [4.78, 5) is 14.8. The van der Waals surface area contributed by atoms with Crippen LogP contribution in [0.2, 0.25) is 0 Å². The van der Waals surface area contributed by atoms with Crippen molar-refractivity contribution < 1.29 is 9.53 Å². The van der Waals surface area contributed by atoms with Gasteiger partial charge in [-0.15, -0.1) is 0 Å². The zero-order chi connectivity index (χ0) is 16.4. The van der Waals surface area contributed by atoms with Crippen molar-refractivity contribution >= 4 is 5.91 Å². The van der Waals surface area contributed by atoms with Gasteiger partial charge >= 0.3 is 0 Å². The molecule has 0 N–H and O–H groups in total. The minimum atomic E-state index is -0.247. The van der Waals surface area contributed by atoms with Gasteiger partial charge in [-0.05, 0) is 44.2 Å². The van der Waals surface area contributed by atoms with Crippen molar-refractivity contribution in [2.75, 3.05) is 6.61 Å². The molecule has 5 heteroatoms. The number of aromatic nitrogens is 2. The number of carbonyl (C=O) groups excluding carboxylic acids is 1. The Labute approximate surface area is 142 Å². The molecule has 1 saturated heterocycles. The largest absolute Gasteiger partial charge is 0.368 e. The van der Waals surface area contributed by atoms with Gasteiger partial charge in [-0.3, -0.25) is 4.79 Å². The summed E-state index contributed by atoms with van der Waals surface area (Å²) in [5.74, 6) is 0.157. The SMILES string of the molecule is O=C([C@H]1CCCCO1)N(Cc1cnn(-c2ccccc2)c1)C1CC1. The van der Waals surface area contributed by atoms with Crippen molar-refractivity contribution in [3.05, 3.63) is 48.3 Å². The molecule has 0 radical (unpaired) electrons. The lowest BCUT2D eigenvalue weighted by molar-refractivity contribution is -0.147. The summed E-state index contributed by atoms with van der Waals surface area (Å²) >= 11 is 0. The summed E-state index contributed by atoms with van der Waals surface area (Å²) in [5, 5.41) is 4.44. The fourth-order valence-electron chi connectivity index (χ4n) is 3.25. The molecule has 4 rings (SSSR count). The number of rotatable bonds is 5. The number of hydrogen-bond donors (Lipinski definition) is 0. The van der Waals surface area contributed by atoms with Crippen molar-refractivity contribution in [1.82, 2.24) is 14.7 Å². The van der Waals surface area contributed by atoms with E-state index in [-0.39, 0.29) is 12.0 Å². The Balaban J connectivity index is 1.47. The third kappa shape index (κ3) is 3.36. The number of carbonyl (C=O) groups is 1. The van der Waals surface area contributed by atoms with Crippen LogP contribution in [-0.4, -0.2) is 39.3 Å². The van der Waals surface area contributed by atoms with Gasteiger partial charge in [-0.2, -0.15) is 5.10 Å².